The molecule has 0 aromatic heterocycles. The Hall–Kier alpha value is -0.780. The van der Waals surface area contributed by atoms with Crippen LogP contribution in [0.4, 0.5) is 0 Å². The molecule has 0 heterocycles. The predicted octanol–water partition coefficient (Wildman–Crippen LogP) is 4.26. The molecule has 0 saturated carbocycles. The second-order valence-electron chi connectivity index (χ2n) is 3.75. The first kappa shape index (κ1) is 10.3. The van der Waals surface area contributed by atoms with Crippen LogP contribution in [-0.4, -0.2) is 0 Å². The Morgan fingerprint density at radius 1 is 1.46 bits per heavy atom. The summed E-state index contributed by atoms with van der Waals surface area (Å²) in [5.74, 6) is 0.633. The number of hydrogen-bond donors (Lipinski definition) is 0. The maximum Gasteiger partial charge on any atom is -0.00100 e. The Kier molecular flexibility index (Phi) is 4.59. The zero-order chi connectivity index (χ0) is 9.52. The standard InChI is InChI=1S/C13H20/c1-3-5-6-8-13-10-9-12(11-13)7-4-2/h4,9-12H,2-3,5-8H2,1H3. The van der Waals surface area contributed by atoms with E-state index in [-0.39, 0.29) is 0 Å². The van der Waals surface area contributed by atoms with Gasteiger partial charge in [-0.2, -0.15) is 0 Å². The minimum absolute atomic E-state index is 0.633. The van der Waals surface area contributed by atoms with Gasteiger partial charge in [-0.15, -0.1) is 6.58 Å². The average Bonchev–Trinajstić information content (AvgIpc) is 2.54. The Labute approximate surface area is 82.0 Å². The molecule has 0 aliphatic heterocycles. The molecule has 0 spiro atoms. The number of unbranched alkanes of at least 4 members (excludes halogenated alkanes) is 2. The Morgan fingerprint density at radius 2 is 2.31 bits per heavy atom. The first-order valence-corrected chi connectivity index (χ1v) is 5.36. The SMILES string of the molecule is C=CCC1C=CC(CCCCC)=C1. The third-order valence-electron chi connectivity index (χ3n) is 2.49. The lowest BCUT2D eigenvalue weighted by Crippen LogP contribution is -1.84. The highest BCUT2D eigenvalue weighted by Crippen LogP contribution is 2.23. The molecule has 72 valence electrons. The zero-order valence-corrected chi connectivity index (χ0v) is 8.63. The van der Waals surface area contributed by atoms with Gasteiger partial charge >= 0.3 is 0 Å². The van der Waals surface area contributed by atoms with E-state index in [0.29, 0.717) is 5.92 Å². The van der Waals surface area contributed by atoms with Crippen molar-refractivity contribution in [3.05, 3.63) is 36.5 Å². The van der Waals surface area contributed by atoms with Gasteiger partial charge in [0.05, 0.1) is 0 Å². The Morgan fingerprint density at radius 3 is 3.00 bits per heavy atom. The van der Waals surface area contributed by atoms with Crippen molar-refractivity contribution in [1.29, 1.82) is 0 Å². The minimum Gasteiger partial charge on any atom is -0.103 e. The summed E-state index contributed by atoms with van der Waals surface area (Å²) in [4.78, 5) is 0. The van der Waals surface area contributed by atoms with E-state index in [1.807, 2.05) is 6.08 Å². The van der Waals surface area contributed by atoms with Crippen LogP contribution < -0.4 is 0 Å². The summed E-state index contributed by atoms with van der Waals surface area (Å²) < 4.78 is 0. The lowest BCUT2D eigenvalue weighted by Gasteiger charge is -1.99. The first-order valence-electron chi connectivity index (χ1n) is 5.36. The largest absolute Gasteiger partial charge is 0.103 e. The highest BCUT2D eigenvalue weighted by Gasteiger charge is 2.06. The second-order valence-corrected chi connectivity index (χ2v) is 3.75. The topological polar surface area (TPSA) is 0 Å². The molecule has 0 bridgehead atoms. The van der Waals surface area contributed by atoms with Crippen LogP contribution in [0, 0.1) is 5.92 Å². The van der Waals surface area contributed by atoms with Gasteiger partial charge in [-0.05, 0) is 25.2 Å². The van der Waals surface area contributed by atoms with Gasteiger partial charge in [-0.25, -0.2) is 0 Å². The molecule has 0 N–H and O–H groups in total. The monoisotopic (exact) mass is 176 g/mol. The molecule has 0 aromatic rings. The van der Waals surface area contributed by atoms with Crippen LogP contribution in [0.5, 0.6) is 0 Å². The quantitative estimate of drug-likeness (QED) is 0.419. The predicted molar refractivity (Wildman–Crippen MR) is 59.7 cm³/mol. The first-order chi connectivity index (χ1) is 6.36. The fourth-order valence-corrected chi connectivity index (χ4v) is 1.72. The summed E-state index contributed by atoms with van der Waals surface area (Å²) in [5, 5.41) is 0. The van der Waals surface area contributed by atoms with Gasteiger partial charge in [0.1, 0.15) is 0 Å². The molecule has 1 rings (SSSR count). The van der Waals surface area contributed by atoms with Gasteiger partial charge in [-0.3, -0.25) is 0 Å². The lowest BCUT2D eigenvalue weighted by molar-refractivity contribution is 0.717. The van der Waals surface area contributed by atoms with E-state index in [9.17, 15) is 0 Å². The van der Waals surface area contributed by atoms with Gasteiger partial charge in [0.25, 0.3) is 0 Å². The van der Waals surface area contributed by atoms with Crippen LogP contribution in [-0.2, 0) is 0 Å². The third-order valence-corrected chi connectivity index (χ3v) is 2.49. The third kappa shape index (κ3) is 3.63. The number of hydrogen-bond acceptors (Lipinski definition) is 0. The summed E-state index contributed by atoms with van der Waals surface area (Å²) in [5.41, 5.74) is 1.53. The summed E-state index contributed by atoms with van der Waals surface area (Å²) in [6.07, 6.45) is 15.3. The average molecular weight is 176 g/mol. The van der Waals surface area contributed by atoms with Crippen LogP contribution in [0.15, 0.2) is 36.5 Å². The van der Waals surface area contributed by atoms with Gasteiger partial charge in [-0.1, -0.05) is 49.6 Å². The molecule has 1 aliphatic carbocycles. The van der Waals surface area contributed by atoms with Gasteiger partial charge < -0.3 is 0 Å². The molecule has 0 nitrogen and oxygen atoms in total. The molecule has 1 aliphatic rings. The molecule has 0 fully saturated rings. The molecule has 0 aromatic carbocycles. The van der Waals surface area contributed by atoms with E-state index >= 15 is 0 Å². The van der Waals surface area contributed by atoms with Crippen molar-refractivity contribution in [2.45, 2.75) is 39.0 Å². The van der Waals surface area contributed by atoms with Crippen LogP contribution in [0.2, 0.25) is 0 Å². The van der Waals surface area contributed by atoms with Crippen molar-refractivity contribution in [3.63, 3.8) is 0 Å². The molecule has 13 heavy (non-hydrogen) atoms. The van der Waals surface area contributed by atoms with Crippen molar-refractivity contribution >= 4 is 0 Å². The van der Waals surface area contributed by atoms with Crippen molar-refractivity contribution < 1.29 is 0 Å². The number of rotatable bonds is 6. The molecule has 0 radical (unpaired) electrons. The number of allylic oxidation sites excluding steroid dienone is 5. The van der Waals surface area contributed by atoms with E-state index in [0.717, 1.165) is 6.42 Å². The maximum absolute atomic E-state index is 3.76. The normalized spacial score (nSPS) is 20.4. The van der Waals surface area contributed by atoms with Crippen LogP contribution in [0.25, 0.3) is 0 Å². The molecule has 0 saturated heterocycles. The molecule has 1 atom stereocenters. The molecule has 1 unspecified atom stereocenters. The summed E-state index contributed by atoms with van der Waals surface area (Å²) in [7, 11) is 0. The highest BCUT2D eigenvalue weighted by atomic mass is 14.1. The Bertz CT molecular complexity index is 208. The van der Waals surface area contributed by atoms with E-state index in [2.05, 4.69) is 31.7 Å². The molecular formula is C13H20. The van der Waals surface area contributed by atoms with E-state index in [4.69, 9.17) is 0 Å². The highest BCUT2D eigenvalue weighted by molar-refractivity contribution is 5.29. The maximum atomic E-state index is 3.76. The van der Waals surface area contributed by atoms with Crippen molar-refractivity contribution in [1.82, 2.24) is 0 Å². The molecular weight excluding hydrogens is 156 g/mol. The van der Waals surface area contributed by atoms with Gasteiger partial charge in [0, 0.05) is 0 Å². The minimum atomic E-state index is 0.633. The fraction of sp³-hybridized carbons (Fsp3) is 0.538. The van der Waals surface area contributed by atoms with Crippen molar-refractivity contribution in [2.75, 3.05) is 0 Å². The van der Waals surface area contributed by atoms with Crippen LogP contribution in [0.1, 0.15) is 39.0 Å². The van der Waals surface area contributed by atoms with E-state index in [1.54, 1.807) is 0 Å². The second kappa shape index (κ2) is 5.80. The smallest absolute Gasteiger partial charge is 0.00100 e. The fourth-order valence-electron chi connectivity index (χ4n) is 1.72. The lowest BCUT2D eigenvalue weighted by atomic mass is 10.1. The van der Waals surface area contributed by atoms with Crippen molar-refractivity contribution in [3.8, 4) is 0 Å². The summed E-state index contributed by atoms with van der Waals surface area (Å²) in [6.45, 7) is 6.01. The van der Waals surface area contributed by atoms with Gasteiger partial charge in [0.15, 0.2) is 0 Å². The van der Waals surface area contributed by atoms with E-state index in [1.165, 1.54) is 31.3 Å². The zero-order valence-electron chi connectivity index (χ0n) is 8.63. The van der Waals surface area contributed by atoms with Crippen LogP contribution >= 0.6 is 0 Å². The molecule has 0 amide bonds. The van der Waals surface area contributed by atoms with E-state index < -0.39 is 0 Å². The molecule has 0 heteroatoms. The summed E-state index contributed by atoms with van der Waals surface area (Å²) >= 11 is 0. The van der Waals surface area contributed by atoms with Crippen molar-refractivity contribution in [2.24, 2.45) is 5.92 Å². The van der Waals surface area contributed by atoms with Crippen LogP contribution in [0.3, 0.4) is 0 Å². The summed E-state index contributed by atoms with van der Waals surface area (Å²) in [6, 6.07) is 0. The Balaban J connectivity index is 2.25. The van der Waals surface area contributed by atoms with Gasteiger partial charge in [0.2, 0.25) is 0 Å².